The maximum Gasteiger partial charge on any atom is 1.00 e. The third-order valence-electron chi connectivity index (χ3n) is 3.80. The minimum atomic E-state index is -1.17. The fourth-order valence-electron chi connectivity index (χ4n) is 2.45. The van der Waals surface area contributed by atoms with Gasteiger partial charge in [0.15, 0.2) is 0 Å². The number of nitrogens with zero attached hydrogens (tertiary/aromatic N) is 1. The topological polar surface area (TPSA) is 80.7 Å². The molecule has 6 heteroatoms. The molecule has 0 aromatic carbocycles. The third-order valence-corrected chi connectivity index (χ3v) is 3.80. The maximum absolute atomic E-state index is 12.0. The Morgan fingerprint density at radius 1 is 0.870 bits per heavy atom. The van der Waals surface area contributed by atoms with Gasteiger partial charge in [0.25, 0.3) is 0 Å². The molecule has 1 N–H and O–H groups in total. The fraction of sp³-hybridized carbons (Fsp3) is 0.882. The van der Waals surface area contributed by atoms with Gasteiger partial charge in [0.1, 0.15) is 0 Å². The zero-order chi connectivity index (χ0) is 16.6. The number of carbonyl (C=O) groups excluding carboxylic acids is 2. The Labute approximate surface area is 163 Å². The van der Waals surface area contributed by atoms with Gasteiger partial charge in [0, 0.05) is 31.9 Å². The van der Waals surface area contributed by atoms with Crippen LogP contribution >= 0.6 is 0 Å². The largest absolute Gasteiger partial charge is 1.00 e. The van der Waals surface area contributed by atoms with Crippen LogP contribution in [0.15, 0.2) is 0 Å². The minimum Gasteiger partial charge on any atom is -0.550 e. The minimum absolute atomic E-state index is 0. The van der Waals surface area contributed by atoms with Crippen molar-refractivity contribution in [2.24, 2.45) is 0 Å². The normalized spacial score (nSPS) is 10.2. The first kappa shape index (κ1) is 25.1. The fourth-order valence-corrected chi connectivity index (χ4v) is 2.45. The predicted octanol–water partition coefficient (Wildman–Crippen LogP) is -1.13. The van der Waals surface area contributed by atoms with E-state index in [0.29, 0.717) is 6.42 Å². The van der Waals surface area contributed by atoms with Crippen LogP contribution in [0.25, 0.3) is 0 Å². The van der Waals surface area contributed by atoms with Crippen molar-refractivity contribution < 1.29 is 49.4 Å². The van der Waals surface area contributed by atoms with Crippen LogP contribution in [0.3, 0.4) is 0 Å². The van der Waals surface area contributed by atoms with Gasteiger partial charge in [-0.1, -0.05) is 58.3 Å². The van der Waals surface area contributed by atoms with E-state index >= 15 is 0 Å². The quantitative estimate of drug-likeness (QED) is 0.303. The zero-order valence-corrected chi connectivity index (χ0v) is 17.0. The second-order valence-electron chi connectivity index (χ2n) is 5.80. The van der Waals surface area contributed by atoms with Crippen LogP contribution in [0.1, 0.15) is 77.6 Å². The van der Waals surface area contributed by atoms with Gasteiger partial charge in [-0.3, -0.25) is 4.79 Å². The number of hydrogen-bond donors (Lipinski definition) is 1. The number of hydrogen-bond acceptors (Lipinski definition) is 4. The van der Waals surface area contributed by atoms with Gasteiger partial charge in [-0.25, -0.2) is 0 Å². The second kappa shape index (κ2) is 18.2. The van der Waals surface area contributed by atoms with Crippen LogP contribution in [0.5, 0.6) is 0 Å². The second-order valence-corrected chi connectivity index (χ2v) is 5.80. The van der Waals surface area contributed by atoms with E-state index in [0.717, 1.165) is 19.3 Å². The molecular formula is C17H32NNaO4. The molecule has 0 aliphatic heterocycles. The Balaban J connectivity index is 0. The predicted molar refractivity (Wildman–Crippen MR) is 85.1 cm³/mol. The SMILES string of the molecule is CCCCCCCCCCCC(=O)N(CCO)CCC(=O)[O-].[Na+]. The van der Waals surface area contributed by atoms with Crippen molar-refractivity contribution in [2.75, 3.05) is 19.7 Å². The summed E-state index contributed by atoms with van der Waals surface area (Å²) in [5.41, 5.74) is 0. The van der Waals surface area contributed by atoms with Crippen molar-refractivity contribution >= 4 is 11.9 Å². The number of rotatable bonds is 15. The molecule has 0 aliphatic rings. The van der Waals surface area contributed by atoms with Gasteiger partial charge in [-0.2, -0.15) is 0 Å². The summed E-state index contributed by atoms with van der Waals surface area (Å²) in [4.78, 5) is 23.8. The third kappa shape index (κ3) is 16.5. The summed E-state index contributed by atoms with van der Waals surface area (Å²) in [5, 5.41) is 19.4. The molecule has 130 valence electrons. The van der Waals surface area contributed by atoms with Crippen LogP contribution in [-0.4, -0.2) is 41.6 Å². The monoisotopic (exact) mass is 337 g/mol. The number of aliphatic hydroxyl groups excluding tert-OH is 1. The van der Waals surface area contributed by atoms with Crippen LogP contribution in [-0.2, 0) is 9.59 Å². The number of unbranched alkanes of at least 4 members (excludes halogenated alkanes) is 8. The average molecular weight is 337 g/mol. The molecule has 0 saturated carbocycles. The summed E-state index contributed by atoms with van der Waals surface area (Å²) in [6.45, 7) is 2.39. The van der Waals surface area contributed by atoms with Crippen molar-refractivity contribution in [1.29, 1.82) is 0 Å². The molecule has 0 saturated heterocycles. The molecule has 0 aromatic heterocycles. The van der Waals surface area contributed by atoms with E-state index in [1.165, 1.54) is 43.4 Å². The Morgan fingerprint density at radius 3 is 1.87 bits per heavy atom. The summed E-state index contributed by atoms with van der Waals surface area (Å²) in [5.74, 6) is -1.24. The summed E-state index contributed by atoms with van der Waals surface area (Å²) < 4.78 is 0. The number of amides is 1. The van der Waals surface area contributed by atoms with Crippen LogP contribution in [0.4, 0.5) is 0 Å². The zero-order valence-electron chi connectivity index (χ0n) is 15.0. The molecule has 0 bridgehead atoms. The van der Waals surface area contributed by atoms with Crippen LogP contribution in [0.2, 0.25) is 0 Å². The number of carbonyl (C=O) groups is 2. The molecule has 0 spiro atoms. The molecule has 0 radical (unpaired) electrons. The first-order valence-electron chi connectivity index (χ1n) is 8.70. The van der Waals surface area contributed by atoms with Crippen molar-refractivity contribution in [2.45, 2.75) is 77.6 Å². The van der Waals surface area contributed by atoms with E-state index in [1.54, 1.807) is 0 Å². The van der Waals surface area contributed by atoms with Gasteiger partial charge in [0.2, 0.25) is 5.91 Å². The van der Waals surface area contributed by atoms with Crippen molar-refractivity contribution in [1.82, 2.24) is 4.90 Å². The van der Waals surface area contributed by atoms with Crippen molar-refractivity contribution in [3.05, 3.63) is 0 Å². The van der Waals surface area contributed by atoms with Gasteiger partial charge < -0.3 is 19.9 Å². The molecule has 0 unspecified atom stereocenters. The first-order chi connectivity index (χ1) is 10.6. The number of aliphatic carboxylic acids is 1. The van der Waals surface area contributed by atoms with Crippen molar-refractivity contribution in [3.8, 4) is 0 Å². The number of aliphatic hydroxyl groups is 1. The van der Waals surface area contributed by atoms with E-state index in [9.17, 15) is 14.7 Å². The Morgan fingerprint density at radius 2 is 1.39 bits per heavy atom. The van der Waals surface area contributed by atoms with E-state index in [1.807, 2.05) is 0 Å². The van der Waals surface area contributed by atoms with Gasteiger partial charge >= 0.3 is 29.6 Å². The Bertz CT molecular complexity index is 300. The molecule has 0 rings (SSSR count). The van der Waals surface area contributed by atoms with Gasteiger partial charge in [0.05, 0.1) is 6.61 Å². The molecule has 0 fully saturated rings. The van der Waals surface area contributed by atoms with E-state index < -0.39 is 5.97 Å². The smallest absolute Gasteiger partial charge is 0.550 e. The molecule has 23 heavy (non-hydrogen) atoms. The molecule has 1 amide bonds. The van der Waals surface area contributed by atoms with Crippen LogP contribution < -0.4 is 34.7 Å². The van der Waals surface area contributed by atoms with E-state index in [4.69, 9.17) is 5.11 Å². The first-order valence-corrected chi connectivity index (χ1v) is 8.70. The van der Waals surface area contributed by atoms with Crippen molar-refractivity contribution in [3.63, 3.8) is 0 Å². The average Bonchev–Trinajstić information content (AvgIpc) is 2.49. The summed E-state index contributed by atoms with van der Waals surface area (Å²) in [6, 6.07) is 0. The number of carboxylic acid groups (broad SMARTS) is 1. The van der Waals surface area contributed by atoms with E-state index in [-0.39, 0.29) is 61.6 Å². The van der Waals surface area contributed by atoms with Gasteiger partial charge in [-0.15, -0.1) is 0 Å². The summed E-state index contributed by atoms with van der Waals surface area (Å²) in [6.07, 6.45) is 11.0. The molecule has 0 aromatic rings. The standard InChI is InChI=1S/C17H33NO4.Na/c1-2-3-4-5-6-7-8-9-10-11-16(20)18(14-15-19)13-12-17(21)22;/h19H,2-15H2,1H3,(H,21,22);/q;+1/p-1. The molecular weight excluding hydrogens is 305 g/mol. The Kier molecular flexibility index (Phi) is 19.9. The molecule has 0 heterocycles. The number of carboxylic acids is 1. The molecule has 0 aliphatic carbocycles. The summed E-state index contributed by atoms with van der Waals surface area (Å²) in [7, 11) is 0. The summed E-state index contributed by atoms with van der Waals surface area (Å²) >= 11 is 0. The van der Waals surface area contributed by atoms with Crippen LogP contribution in [0, 0.1) is 0 Å². The molecule has 0 atom stereocenters. The van der Waals surface area contributed by atoms with Gasteiger partial charge in [-0.05, 0) is 6.42 Å². The molecule has 5 nitrogen and oxygen atoms in total. The van der Waals surface area contributed by atoms with E-state index in [2.05, 4.69) is 6.92 Å². The Hall–Kier alpha value is -0.100. The maximum atomic E-state index is 12.0.